The fourth-order valence-corrected chi connectivity index (χ4v) is 4.70. The highest BCUT2D eigenvalue weighted by molar-refractivity contribution is 6.42. The van der Waals surface area contributed by atoms with Crippen molar-refractivity contribution in [2.75, 3.05) is 23.7 Å². The quantitative estimate of drug-likeness (QED) is 0.264. The molecule has 2 aromatic carbocycles. The summed E-state index contributed by atoms with van der Waals surface area (Å²) in [5, 5.41) is 11.7. The Hall–Kier alpha value is -3.03. The Kier molecular flexibility index (Phi) is 10.3. The average Bonchev–Trinajstić information content (AvgIpc) is 3.29. The normalized spacial score (nSPS) is 11.7. The van der Waals surface area contributed by atoms with E-state index < -0.39 is 0 Å². The number of carbonyl (C=O) groups is 2. The highest BCUT2D eigenvalue weighted by Gasteiger charge is 2.24. The molecule has 0 saturated heterocycles. The smallest absolute Gasteiger partial charge is 0.315 e. The minimum atomic E-state index is -0.327. The van der Waals surface area contributed by atoms with Gasteiger partial charge in [-0.05, 0) is 47.6 Å². The molecular weight excluding hydrogens is 545 g/mol. The van der Waals surface area contributed by atoms with Crippen LogP contribution in [-0.2, 0) is 10.2 Å². The van der Waals surface area contributed by atoms with Crippen molar-refractivity contribution < 1.29 is 9.59 Å². The van der Waals surface area contributed by atoms with Crippen molar-refractivity contribution in [1.82, 2.24) is 14.7 Å². The van der Waals surface area contributed by atoms with Crippen LogP contribution in [0.1, 0.15) is 90.5 Å². The van der Waals surface area contributed by atoms with E-state index in [1.165, 1.54) is 0 Å². The molecule has 0 fully saturated rings. The lowest BCUT2D eigenvalue weighted by molar-refractivity contribution is -0.116. The highest BCUT2D eigenvalue weighted by atomic mass is 35.5. The van der Waals surface area contributed by atoms with E-state index >= 15 is 0 Å². The van der Waals surface area contributed by atoms with Crippen LogP contribution in [0.3, 0.4) is 0 Å². The zero-order chi connectivity index (χ0) is 29.8. The summed E-state index contributed by atoms with van der Waals surface area (Å²) in [5.41, 5.74) is 4.17. The van der Waals surface area contributed by atoms with Crippen LogP contribution in [0.2, 0.25) is 10.0 Å². The van der Waals surface area contributed by atoms with Crippen LogP contribution in [0.4, 0.5) is 16.3 Å². The molecule has 3 aromatic rings. The maximum Gasteiger partial charge on any atom is 0.322 e. The van der Waals surface area contributed by atoms with Gasteiger partial charge in [-0.25, -0.2) is 9.48 Å². The first-order valence-electron chi connectivity index (χ1n) is 13.8. The van der Waals surface area contributed by atoms with Gasteiger partial charge >= 0.3 is 6.03 Å². The van der Waals surface area contributed by atoms with Gasteiger partial charge in [-0.2, -0.15) is 5.10 Å². The number of halogens is 2. The number of para-hydroxylation sites is 1. The number of amides is 3. The number of urea groups is 1. The van der Waals surface area contributed by atoms with Crippen LogP contribution in [0, 0.1) is 0 Å². The summed E-state index contributed by atoms with van der Waals surface area (Å²) in [7, 11) is 0. The zero-order valence-corrected chi connectivity index (χ0v) is 26.2. The molecule has 3 rings (SSSR count). The summed E-state index contributed by atoms with van der Waals surface area (Å²) in [5.74, 6) is 0.620. The van der Waals surface area contributed by atoms with Gasteiger partial charge in [0.25, 0.3) is 0 Å². The second-order valence-electron chi connectivity index (χ2n) is 11.7. The second kappa shape index (κ2) is 13.1. The molecule has 1 heterocycles. The predicted molar refractivity (Wildman–Crippen MR) is 166 cm³/mol. The number of hydrogen-bond donors (Lipinski definition) is 2. The van der Waals surface area contributed by atoms with Gasteiger partial charge in [-0.3, -0.25) is 4.79 Å². The zero-order valence-electron chi connectivity index (χ0n) is 24.7. The van der Waals surface area contributed by atoms with Gasteiger partial charge in [0.05, 0.1) is 21.4 Å². The molecule has 0 aliphatic heterocycles. The summed E-state index contributed by atoms with van der Waals surface area (Å²) >= 11 is 12.4. The Morgan fingerprint density at radius 2 is 1.57 bits per heavy atom. The number of carbonyl (C=O) groups excluding carboxylic acids is 2. The molecule has 0 unspecified atom stereocenters. The minimum absolute atomic E-state index is 0.113. The Labute approximate surface area is 248 Å². The van der Waals surface area contributed by atoms with Crippen molar-refractivity contribution in [2.45, 2.75) is 79.1 Å². The van der Waals surface area contributed by atoms with Crippen molar-refractivity contribution in [1.29, 1.82) is 0 Å². The number of rotatable bonds is 9. The van der Waals surface area contributed by atoms with E-state index in [1.54, 1.807) is 27.8 Å². The summed E-state index contributed by atoms with van der Waals surface area (Å²) in [6, 6.07) is 12.8. The molecule has 1 aromatic heterocycles. The SMILES string of the molecule is CCCN(CC(=O)Nc1cc(C(C)(C)C)nn1-c1ccc(Cl)c(Cl)c1)C(=O)Nc1c(C(C)C)cccc1C(C)C. The maximum atomic E-state index is 13.5. The molecule has 0 atom stereocenters. The molecule has 0 aliphatic rings. The number of nitrogens with one attached hydrogen (secondary N) is 2. The van der Waals surface area contributed by atoms with Gasteiger partial charge in [0.2, 0.25) is 5.91 Å². The maximum absolute atomic E-state index is 13.5. The van der Waals surface area contributed by atoms with Crippen LogP contribution >= 0.6 is 23.2 Å². The van der Waals surface area contributed by atoms with E-state index in [1.807, 2.05) is 52.0 Å². The topological polar surface area (TPSA) is 79.3 Å². The second-order valence-corrected chi connectivity index (χ2v) is 12.5. The molecule has 40 heavy (non-hydrogen) atoms. The first kappa shape index (κ1) is 31.5. The van der Waals surface area contributed by atoms with Gasteiger partial charge in [0, 0.05) is 23.7 Å². The lowest BCUT2D eigenvalue weighted by atomic mass is 9.92. The van der Waals surface area contributed by atoms with E-state index in [0.29, 0.717) is 34.5 Å². The van der Waals surface area contributed by atoms with Crippen molar-refractivity contribution in [3.05, 3.63) is 69.3 Å². The third-order valence-electron chi connectivity index (χ3n) is 6.61. The van der Waals surface area contributed by atoms with Gasteiger partial charge in [0.1, 0.15) is 12.4 Å². The van der Waals surface area contributed by atoms with Crippen molar-refractivity contribution in [3.63, 3.8) is 0 Å². The van der Waals surface area contributed by atoms with Crippen LogP contribution in [0.15, 0.2) is 42.5 Å². The monoisotopic (exact) mass is 585 g/mol. The third kappa shape index (κ3) is 7.58. The number of benzene rings is 2. The van der Waals surface area contributed by atoms with Gasteiger partial charge in [0.15, 0.2) is 0 Å². The van der Waals surface area contributed by atoms with E-state index in [2.05, 4.69) is 38.3 Å². The molecule has 216 valence electrons. The fourth-order valence-electron chi connectivity index (χ4n) is 4.41. The molecule has 0 radical (unpaired) electrons. The number of nitrogens with zero attached hydrogens (tertiary/aromatic N) is 3. The van der Waals surface area contributed by atoms with Gasteiger partial charge < -0.3 is 15.5 Å². The van der Waals surface area contributed by atoms with E-state index in [4.69, 9.17) is 28.3 Å². The van der Waals surface area contributed by atoms with Crippen molar-refractivity contribution in [2.24, 2.45) is 0 Å². The first-order chi connectivity index (χ1) is 18.7. The Morgan fingerprint density at radius 1 is 0.950 bits per heavy atom. The van der Waals surface area contributed by atoms with E-state index in [-0.39, 0.29) is 35.7 Å². The van der Waals surface area contributed by atoms with Crippen LogP contribution < -0.4 is 10.6 Å². The first-order valence-corrected chi connectivity index (χ1v) is 14.5. The van der Waals surface area contributed by atoms with E-state index in [9.17, 15) is 9.59 Å². The van der Waals surface area contributed by atoms with Crippen LogP contribution in [0.5, 0.6) is 0 Å². The predicted octanol–water partition coefficient (Wildman–Crippen LogP) is 8.61. The summed E-state index contributed by atoms with van der Waals surface area (Å²) < 4.78 is 1.64. The van der Waals surface area contributed by atoms with Crippen molar-refractivity contribution >= 4 is 46.6 Å². The largest absolute Gasteiger partial charge is 0.322 e. The Morgan fingerprint density at radius 3 is 2.10 bits per heavy atom. The van der Waals surface area contributed by atoms with Gasteiger partial charge in [-0.15, -0.1) is 0 Å². The number of anilines is 2. The molecule has 2 N–H and O–H groups in total. The number of aromatic nitrogens is 2. The van der Waals surface area contributed by atoms with E-state index in [0.717, 1.165) is 22.5 Å². The summed E-state index contributed by atoms with van der Waals surface area (Å²) in [6.45, 7) is 16.9. The standard InChI is InChI=1S/C31H41Cl2N5O2/c1-9-15-37(30(40)35-29-22(19(2)3)11-10-12-23(29)20(4)5)18-28(39)34-27-17-26(31(6,7)8)36-38(27)21-13-14-24(32)25(33)16-21/h10-14,16-17,19-20H,9,15,18H2,1-8H3,(H,34,39)(H,35,40). The Balaban J connectivity index is 1.88. The molecule has 3 amide bonds. The van der Waals surface area contributed by atoms with Crippen LogP contribution in [-0.4, -0.2) is 39.7 Å². The minimum Gasteiger partial charge on any atom is -0.315 e. The highest BCUT2D eigenvalue weighted by Crippen LogP contribution is 2.33. The lowest BCUT2D eigenvalue weighted by Gasteiger charge is -2.25. The molecular formula is C31H41Cl2N5O2. The molecule has 0 aliphatic carbocycles. The van der Waals surface area contributed by atoms with Crippen LogP contribution in [0.25, 0.3) is 5.69 Å². The molecule has 9 heteroatoms. The molecule has 0 spiro atoms. The summed E-state index contributed by atoms with van der Waals surface area (Å²) in [6.07, 6.45) is 0.707. The third-order valence-corrected chi connectivity index (χ3v) is 7.35. The van der Waals surface area contributed by atoms with Crippen molar-refractivity contribution in [3.8, 4) is 5.69 Å². The number of hydrogen-bond acceptors (Lipinski definition) is 3. The Bertz CT molecular complexity index is 1330. The average molecular weight is 587 g/mol. The molecule has 0 saturated carbocycles. The lowest BCUT2D eigenvalue weighted by Crippen LogP contribution is -2.41. The molecule has 7 nitrogen and oxygen atoms in total. The van der Waals surface area contributed by atoms with Gasteiger partial charge in [-0.1, -0.05) is 96.8 Å². The molecule has 0 bridgehead atoms. The fraction of sp³-hybridized carbons (Fsp3) is 0.452. The summed E-state index contributed by atoms with van der Waals surface area (Å²) in [4.78, 5) is 28.4.